The summed E-state index contributed by atoms with van der Waals surface area (Å²) >= 11 is 0. The molecule has 0 bridgehead atoms. The zero-order valence-corrected chi connectivity index (χ0v) is 15.0. The number of ether oxygens (including phenoxy) is 1. The van der Waals surface area contributed by atoms with E-state index in [-0.39, 0.29) is 5.91 Å². The Hall–Kier alpha value is -3.60. The van der Waals surface area contributed by atoms with Crippen LogP contribution in [0, 0.1) is 13.8 Å². The third-order valence-electron chi connectivity index (χ3n) is 4.14. The predicted octanol–water partition coefficient (Wildman–Crippen LogP) is 5.49. The van der Waals surface area contributed by atoms with Crippen molar-refractivity contribution in [2.45, 2.75) is 13.8 Å². The minimum atomic E-state index is -0.279. The van der Waals surface area contributed by atoms with Gasteiger partial charge >= 0.3 is 0 Å². The largest absolute Gasteiger partial charge is 0.461 e. The molecule has 0 atom stereocenters. The number of amides is 1. The van der Waals surface area contributed by atoms with Gasteiger partial charge in [0.15, 0.2) is 0 Å². The predicted molar refractivity (Wildman–Crippen MR) is 104 cm³/mol. The van der Waals surface area contributed by atoms with Crippen LogP contribution in [0.1, 0.15) is 21.7 Å². The van der Waals surface area contributed by atoms with Gasteiger partial charge in [0.05, 0.1) is 5.39 Å². The molecule has 4 aromatic rings. The van der Waals surface area contributed by atoms with E-state index in [0.29, 0.717) is 28.5 Å². The van der Waals surface area contributed by atoms with Crippen LogP contribution in [0.5, 0.6) is 11.5 Å². The van der Waals surface area contributed by atoms with Crippen LogP contribution in [-0.2, 0) is 0 Å². The summed E-state index contributed by atoms with van der Waals surface area (Å²) in [4.78, 5) is 16.8. The Morgan fingerprint density at radius 2 is 1.85 bits per heavy atom. The van der Waals surface area contributed by atoms with Gasteiger partial charge in [0, 0.05) is 11.8 Å². The third kappa shape index (κ3) is 3.67. The van der Waals surface area contributed by atoms with E-state index in [0.717, 1.165) is 16.7 Å². The van der Waals surface area contributed by atoms with Crippen molar-refractivity contribution in [2.24, 2.45) is 0 Å². The number of pyridine rings is 1. The van der Waals surface area contributed by atoms with Gasteiger partial charge in [0.1, 0.15) is 28.7 Å². The standard InChI is InChI=1S/C22H18N2O3/c1-14-6-8-17(9-7-14)27-20-13-16(12-19-18(20)11-15(2)26-19)22(25)24-21-5-3-4-10-23-21/h3-13H,1-2H3,(H,23,24,25). The lowest BCUT2D eigenvalue weighted by Crippen LogP contribution is -2.12. The van der Waals surface area contributed by atoms with Gasteiger partial charge in [0.25, 0.3) is 5.91 Å². The number of aromatic nitrogens is 1. The number of hydrogen-bond donors (Lipinski definition) is 1. The number of furan rings is 1. The third-order valence-corrected chi connectivity index (χ3v) is 4.14. The van der Waals surface area contributed by atoms with Crippen molar-refractivity contribution in [3.63, 3.8) is 0 Å². The van der Waals surface area contributed by atoms with E-state index in [1.807, 2.05) is 50.2 Å². The number of aryl methyl sites for hydroxylation is 2. The highest BCUT2D eigenvalue weighted by atomic mass is 16.5. The van der Waals surface area contributed by atoms with Crippen molar-refractivity contribution < 1.29 is 13.9 Å². The van der Waals surface area contributed by atoms with Crippen LogP contribution >= 0.6 is 0 Å². The number of hydrogen-bond acceptors (Lipinski definition) is 4. The lowest BCUT2D eigenvalue weighted by Gasteiger charge is -2.10. The summed E-state index contributed by atoms with van der Waals surface area (Å²) in [6.45, 7) is 3.88. The Balaban J connectivity index is 1.71. The van der Waals surface area contributed by atoms with Gasteiger partial charge in [-0.1, -0.05) is 23.8 Å². The molecule has 4 rings (SSSR count). The Kier molecular flexibility index (Phi) is 4.34. The van der Waals surface area contributed by atoms with Gasteiger partial charge in [-0.3, -0.25) is 4.79 Å². The van der Waals surface area contributed by atoms with Crippen molar-refractivity contribution >= 4 is 22.7 Å². The molecule has 0 unspecified atom stereocenters. The molecule has 0 spiro atoms. The van der Waals surface area contributed by atoms with Gasteiger partial charge < -0.3 is 14.5 Å². The van der Waals surface area contributed by atoms with Crippen molar-refractivity contribution in [1.82, 2.24) is 4.98 Å². The Morgan fingerprint density at radius 3 is 2.59 bits per heavy atom. The molecule has 0 radical (unpaired) electrons. The van der Waals surface area contributed by atoms with Crippen molar-refractivity contribution in [1.29, 1.82) is 0 Å². The zero-order chi connectivity index (χ0) is 18.8. The van der Waals surface area contributed by atoms with Gasteiger partial charge in [-0.15, -0.1) is 0 Å². The fourth-order valence-electron chi connectivity index (χ4n) is 2.81. The highest BCUT2D eigenvalue weighted by Crippen LogP contribution is 2.34. The fourth-order valence-corrected chi connectivity index (χ4v) is 2.81. The summed E-state index contributed by atoms with van der Waals surface area (Å²) in [5.41, 5.74) is 2.18. The molecule has 0 aliphatic rings. The Bertz CT molecular complexity index is 1100. The molecular weight excluding hydrogens is 340 g/mol. The molecule has 5 heteroatoms. The number of nitrogens with one attached hydrogen (secondary N) is 1. The van der Waals surface area contributed by atoms with E-state index < -0.39 is 0 Å². The monoisotopic (exact) mass is 358 g/mol. The average molecular weight is 358 g/mol. The highest BCUT2D eigenvalue weighted by molar-refractivity contribution is 6.06. The van der Waals surface area contributed by atoms with Crippen molar-refractivity contribution in [3.05, 3.63) is 83.7 Å². The molecule has 0 fully saturated rings. The number of carbonyl (C=O) groups excluding carboxylic acids is 1. The first-order valence-corrected chi connectivity index (χ1v) is 8.59. The molecule has 134 valence electrons. The maximum absolute atomic E-state index is 12.7. The van der Waals surface area contributed by atoms with Gasteiger partial charge in [-0.25, -0.2) is 4.98 Å². The number of fused-ring (bicyclic) bond motifs is 1. The first kappa shape index (κ1) is 16.8. The number of benzene rings is 2. The minimum absolute atomic E-state index is 0.279. The molecule has 0 aliphatic carbocycles. The lowest BCUT2D eigenvalue weighted by atomic mass is 10.1. The van der Waals surface area contributed by atoms with Crippen molar-refractivity contribution in [2.75, 3.05) is 5.32 Å². The average Bonchev–Trinajstić information content (AvgIpc) is 3.05. The summed E-state index contributed by atoms with van der Waals surface area (Å²) in [7, 11) is 0. The molecule has 0 saturated heterocycles. The Morgan fingerprint density at radius 1 is 1.04 bits per heavy atom. The SMILES string of the molecule is Cc1ccc(Oc2cc(C(=O)Nc3ccccn3)cc3oc(C)cc23)cc1. The second kappa shape index (κ2) is 6.96. The molecule has 2 aromatic carbocycles. The van der Waals surface area contributed by atoms with Crippen LogP contribution in [-0.4, -0.2) is 10.9 Å². The van der Waals surface area contributed by atoms with Crippen molar-refractivity contribution in [3.8, 4) is 11.5 Å². The summed E-state index contributed by atoms with van der Waals surface area (Å²) in [5.74, 6) is 2.22. The topological polar surface area (TPSA) is 64.4 Å². The van der Waals surface area contributed by atoms with Gasteiger partial charge in [-0.2, -0.15) is 0 Å². The van der Waals surface area contributed by atoms with Crippen LogP contribution in [0.4, 0.5) is 5.82 Å². The normalized spacial score (nSPS) is 10.7. The molecule has 1 N–H and O–H groups in total. The number of nitrogens with zero attached hydrogens (tertiary/aromatic N) is 1. The lowest BCUT2D eigenvalue weighted by molar-refractivity contribution is 0.102. The van der Waals surface area contributed by atoms with E-state index in [9.17, 15) is 4.79 Å². The molecular formula is C22H18N2O3. The van der Waals surface area contributed by atoms with Crippen LogP contribution < -0.4 is 10.1 Å². The van der Waals surface area contributed by atoms with E-state index in [2.05, 4.69) is 10.3 Å². The molecule has 2 heterocycles. The molecule has 0 aliphatic heterocycles. The smallest absolute Gasteiger partial charge is 0.257 e. The molecule has 27 heavy (non-hydrogen) atoms. The first-order valence-electron chi connectivity index (χ1n) is 8.59. The Labute approximate surface area is 156 Å². The van der Waals surface area contributed by atoms with E-state index in [4.69, 9.17) is 9.15 Å². The van der Waals surface area contributed by atoms with Gasteiger partial charge in [0.2, 0.25) is 0 Å². The molecule has 5 nitrogen and oxygen atoms in total. The minimum Gasteiger partial charge on any atom is -0.461 e. The summed E-state index contributed by atoms with van der Waals surface area (Å²) in [6.07, 6.45) is 1.63. The second-order valence-electron chi connectivity index (χ2n) is 6.33. The summed E-state index contributed by atoms with van der Waals surface area (Å²) in [6, 6.07) is 18.4. The number of carbonyl (C=O) groups is 1. The molecule has 2 aromatic heterocycles. The van der Waals surface area contributed by atoms with Crippen LogP contribution in [0.2, 0.25) is 0 Å². The molecule has 1 amide bonds. The highest BCUT2D eigenvalue weighted by Gasteiger charge is 2.15. The van der Waals surface area contributed by atoms with E-state index in [1.165, 1.54) is 0 Å². The van der Waals surface area contributed by atoms with Crippen LogP contribution in [0.15, 0.2) is 71.3 Å². The number of anilines is 1. The zero-order valence-electron chi connectivity index (χ0n) is 15.0. The van der Waals surface area contributed by atoms with Crippen LogP contribution in [0.25, 0.3) is 11.0 Å². The first-order chi connectivity index (χ1) is 13.1. The maximum atomic E-state index is 12.7. The fraction of sp³-hybridized carbons (Fsp3) is 0.0909. The van der Waals surface area contributed by atoms with E-state index in [1.54, 1.807) is 30.5 Å². The van der Waals surface area contributed by atoms with Crippen LogP contribution in [0.3, 0.4) is 0 Å². The second-order valence-corrected chi connectivity index (χ2v) is 6.33. The van der Waals surface area contributed by atoms with Gasteiger partial charge in [-0.05, 0) is 56.3 Å². The summed E-state index contributed by atoms with van der Waals surface area (Å²) < 4.78 is 11.8. The summed E-state index contributed by atoms with van der Waals surface area (Å²) in [5, 5.41) is 3.60. The maximum Gasteiger partial charge on any atom is 0.257 e. The van der Waals surface area contributed by atoms with E-state index >= 15 is 0 Å². The quantitative estimate of drug-likeness (QED) is 0.524. The number of rotatable bonds is 4. The molecule has 0 saturated carbocycles.